The minimum absolute atomic E-state index is 0.0192. The summed E-state index contributed by atoms with van der Waals surface area (Å²) in [7, 11) is 0. The molecule has 5 rings (SSSR count). The van der Waals surface area contributed by atoms with Crippen LogP contribution in [0.15, 0.2) is 66.7 Å². The first kappa shape index (κ1) is 20.0. The molecule has 1 amide bonds. The van der Waals surface area contributed by atoms with Crippen molar-refractivity contribution in [1.29, 1.82) is 0 Å². The molecule has 2 N–H and O–H groups in total. The second-order valence-electron chi connectivity index (χ2n) is 7.64. The van der Waals surface area contributed by atoms with Crippen molar-refractivity contribution in [2.75, 3.05) is 5.73 Å². The number of aromatic nitrogens is 2. The van der Waals surface area contributed by atoms with Gasteiger partial charge in [0.2, 0.25) is 5.95 Å². The molecule has 2 heterocycles. The SMILES string of the molecule is Nc1nc(C(=O)N2Cc3ccccc3C2)c2cc(-c3ccccc3C(F)(F)F)ccc2n1. The standard InChI is InChI=1S/C24H17F3N4O/c25-24(26,27)19-8-4-3-7-17(19)14-9-10-20-18(11-14)21(30-23(28)29-20)22(32)31-12-15-5-1-2-6-16(15)13-31/h1-11H,12-13H2,(H2,28,29,30). The maximum absolute atomic E-state index is 13.5. The third-order valence-corrected chi connectivity index (χ3v) is 5.59. The van der Waals surface area contributed by atoms with Gasteiger partial charge in [0, 0.05) is 18.5 Å². The van der Waals surface area contributed by atoms with Crippen LogP contribution in [0.2, 0.25) is 0 Å². The number of nitrogens with zero attached hydrogens (tertiary/aromatic N) is 3. The van der Waals surface area contributed by atoms with Gasteiger partial charge in [-0.2, -0.15) is 13.2 Å². The summed E-state index contributed by atoms with van der Waals surface area (Å²) in [4.78, 5) is 23.3. The van der Waals surface area contributed by atoms with Crippen LogP contribution < -0.4 is 5.73 Å². The van der Waals surface area contributed by atoms with Gasteiger partial charge in [0.1, 0.15) is 5.69 Å². The fourth-order valence-corrected chi connectivity index (χ4v) is 4.09. The van der Waals surface area contributed by atoms with Crippen LogP contribution >= 0.6 is 0 Å². The molecule has 0 bridgehead atoms. The summed E-state index contributed by atoms with van der Waals surface area (Å²) in [5, 5.41) is 0.356. The number of fused-ring (bicyclic) bond motifs is 2. The van der Waals surface area contributed by atoms with Gasteiger partial charge in [0.05, 0.1) is 11.1 Å². The predicted molar refractivity (Wildman–Crippen MR) is 114 cm³/mol. The number of benzene rings is 3. The molecule has 3 aromatic carbocycles. The Kier molecular flexibility index (Phi) is 4.58. The number of rotatable bonds is 2. The fraction of sp³-hybridized carbons (Fsp3) is 0.125. The van der Waals surface area contributed by atoms with E-state index in [1.54, 1.807) is 23.1 Å². The third-order valence-electron chi connectivity index (χ3n) is 5.59. The lowest BCUT2D eigenvalue weighted by Crippen LogP contribution is -2.27. The van der Waals surface area contributed by atoms with Gasteiger partial charge in [0.15, 0.2) is 0 Å². The Morgan fingerprint density at radius 3 is 2.25 bits per heavy atom. The van der Waals surface area contributed by atoms with Crippen molar-refractivity contribution in [3.8, 4) is 11.1 Å². The van der Waals surface area contributed by atoms with E-state index in [1.165, 1.54) is 18.2 Å². The largest absolute Gasteiger partial charge is 0.417 e. The van der Waals surface area contributed by atoms with E-state index in [1.807, 2.05) is 24.3 Å². The van der Waals surface area contributed by atoms with Crippen LogP contribution in [0.4, 0.5) is 19.1 Å². The van der Waals surface area contributed by atoms with Crippen LogP contribution in [0, 0.1) is 0 Å². The first-order chi connectivity index (χ1) is 15.3. The van der Waals surface area contributed by atoms with Gasteiger partial charge in [-0.05, 0) is 40.5 Å². The van der Waals surface area contributed by atoms with Crippen LogP contribution in [0.1, 0.15) is 27.2 Å². The number of amides is 1. The highest BCUT2D eigenvalue weighted by molar-refractivity contribution is 6.06. The molecule has 32 heavy (non-hydrogen) atoms. The van der Waals surface area contributed by atoms with Gasteiger partial charge in [-0.3, -0.25) is 4.79 Å². The molecular weight excluding hydrogens is 417 g/mol. The van der Waals surface area contributed by atoms with Crippen LogP contribution in [-0.4, -0.2) is 20.8 Å². The highest BCUT2D eigenvalue weighted by Gasteiger charge is 2.33. The molecule has 0 fully saturated rings. The summed E-state index contributed by atoms with van der Waals surface area (Å²) >= 11 is 0. The summed E-state index contributed by atoms with van der Waals surface area (Å²) in [6.07, 6.45) is -4.51. The number of halogens is 3. The molecule has 1 aliphatic heterocycles. The van der Waals surface area contributed by atoms with E-state index in [0.717, 1.165) is 17.2 Å². The topological polar surface area (TPSA) is 72.1 Å². The van der Waals surface area contributed by atoms with Gasteiger partial charge in [-0.25, -0.2) is 9.97 Å². The smallest absolute Gasteiger partial charge is 0.368 e. The fourth-order valence-electron chi connectivity index (χ4n) is 4.09. The summed E-state index contributed by atoms with van der Waals surface area (Å²) < 4.78 is 40.6. The van der Waals surface area contributed by atoms with E-state index in [0.29, 0.717) is 29.6 Å². The molecule has 0 spiro atoms. The van der Waals surface area contributed by atoms with E-state index in [4.69, 9.17) is 5.73 Å². The minimum atomic E-state index is -4.51. The monoisotopic (exact) mass is 434 g/mol. The van der Waals surface area contributed by atoms with E-state index < -0.39 is 11.7 Å². The Morgan fingerprint density at radius 2 is 1.56 bits per heavy atom. The molecule has 0 saturated heterocycles. The lowest BCUT2D eigenvalue weighted by atomic mass is 9.97. The number of anilines is 1. The van der Waals surface area contributed by atoms with Crippen LogP contribution in [-0.2, 0) is 19.3 Å². The zero-order chi connectivity index (χ0) is 22.5. The van der Waals surface area contributed by atoms with Gasteiger partial charge in [0.25, 0.3) is 5.91 Å². The van der Waals surface area contributed by atoms with Crippen molar-refractivity contribution in [3.63, 3.8) is 0 Å². The molecule has 1 aliphatic rings. The molecule has 0 aliphatic carbocycles. The van der Waals surface area contributed by atoms with Crippen molar-refractivity contribution in [2.24, 2.45) is 0 Å². The van der Waals surface area contributed by atoms with Crippen molar-refractivity contribution in [2.45, 2.75) is 19.3 Å². The first-order valence-corrected chi connectivity index (χ1v) is 9.91. The van der Waals surface area contributed by atoms with Crippen LogP contribution in [0.25, 0.3) is 22.0 Å². The zero-order valence-electron chi connectivity index (χ0n) is 16.7. The molecule has 0 atom stereocenters. The van der Waals surface area contributed by atoms with E-state index in [2.05, 4.69) is 9.97 Å². The molecule has 0 radical (unpaired) electrons. The highest BCUT2D eigenvalue weighted by atomic mass is 19.4. The summed E-state index contributed by atoms with van der Waals surface area (Å²) in [6, 6.07) is 17.7. The third kappa shape index (κ3) is 3.43. The van der Waals surface area contributed by atoms with Gasteiger partial charge < -0.3 is 10.6 Å². The summed E-state index contributed by atoms with van der Waals surface area (Å²) in [5.74, 6) is -0.414. The average molecular weight is 434 g/mol. The minimum Gasteiger partial charge on any atom is -0.368 e. The summed E-state index contributed by atoms with van der Waals surface area (Å²) in [6.45, 7) is 0.855. The number of nitrogen functional groups attached to an aromatic ring is 1. The van der Waals surface area contributed by atoms with Crippen molar-refractivity contribution < 1.29 is 18.0 Å². The Bertz CT molecular complexity index is 1340. The average Bonchev–Trinajstić information content (AvgIpc) is 3.21. The van der Waals surface area contributed by atoms with Gasteiger partial charge >= 0.3 is 6.18 Å². The predicted octanol–water partition coefficient (Wildman–Crippen LogP) is 5.05. The van der Waals surface area contributed by atoms with Crippen molar-refractivity contribution in [3.05, 3.63) is 89.1 Å². The molecule has 0 saturated carbocycles. The van der Waals surface area contributed by atoms with E-state index in [9.17, 15) is 18.0 Å². The number of carbonyl (C=O) groups excluding carboxylic acids is 1. The van der Waals surface area contributed by atoms with Crippen molar-refractivity contribution in [1.82, 2.24) is 14.9 Å². The van der Waals surface area contributed by atoms with E-state index in [-0.39, 0.29) is 23.1 Å². The Labute approximate surface area is 181 Å². The van der Waals surface area contributed by atoms with Crippen LogP contribution in [0.3, 0.4) is 0 Å². The van der Waals surface area contributed by atoms with Gasteiger partial charge in [-0.15, -0.1) is 0 Å². The highest BCUT2D eigenvalue weighted by Crippen LogP contribution is 2.38. The molecule has 0 unspecified atom stereocenters. The Hall–Kier alpha value is -3.94. The van der Waals surface area contributed by atoms with Crippen molar-refractivity contribution >= 4 is 22.8 Å². The second kappa shape index (κ2) is 7.33. The zero-order valence-corrected chi connectivity index (χ0v) is 16.7. The maximum atomic E-state index is 13.5. The first-order valence-electron chi connectivity index (χ1n) is 9.91. The molecule has 5 nitrogen and oxygen atoms in total. The molecular formula is C24H17F3N4O. The lowest BCUT2D eigenvalue weighted by molar-refractivity contribution is -0.137. The Balaban J connectivity index is 1.62. The van der Waals surface area contributed by atoms with Gasteiger partial charge in [-0.1, -0.05) is 48.5 Å². The molecule has 160 valence electrons. The lowest BCUT2D eigenvalue weighted by Gasteiger charge is -2.17. The van der Waals surface area contributed by atoms with E-state index >= 15 is 0 Å². The molecule has 8 heteroatoms. The number of hydrogen-bond donors (Lipinski definition) is 1. The quantitative estimate of drug-likeness (QED) is 0.479. The number of nitrogens with two attached hydrogens (primary N) is 1. The number of alkyl halides is 3. The Morgan fingerprint density at radius 1 is 0.906 bits per heavy atom. The second-order valence-corrected chi connectivity index (χ2v) is 7.64. The number of hydrogen-bond acceptors (Lipinski definition) is 4. The van der Waals surface area contributed by atoms with Crippen LogP contribution in [0.5, 0.6) is 0 Å². The maximum Gasteiger partial charge on any atom is 0.417 e. The normalized spacial score (nSPS) is 13.4. The number of carbonyl (C=O) groups is 1. The molecule has 1 aromatic heterocycles. The molecule has 4 aromatic rings. The summed E-state index contributed by atoms with van der Waals surface area (Å²) in [5.41, 5.74) is 7.99.